The van der Waals surface area contributed by atoms with Crippen LogP contribution in [0.4, 0.5) is 0 Å². The summed E-state index contributed by atoms with van der Waals surface area (Å²) in [7, 11) is 4.35. The molecule has 73 heavy (non-hydrogen) atoms. The van der Waals surface area contributed by atoms with Gasteiger partial charge in [-0.25, -0.2) is 9.98 Å². The quantitative estimate of drug-likeness (QED) is 0.0423. The number of nitrogens with zero attached hydrogens (tertiary/aromatic N) is 3. The molecule has 23 atom stereocenters. The second-order valence-corrected chi connectivity index (χ2v) is 19.5. The van der Waals surface area contributed by atoms with Crippen LogP contribution >= 0.6 is 0 Å². The van der Waals surface area contributed by atoms with Crippen molar-refractivity contribution in [1.82, 2.24) is 10.2 Å². The Morgan fingerprint density at radius 1 is 0.836 bits per heavy atom. The summed E-state index contributed by atoms with van der Waals surface area (Å²) in [5.41, 5.74) is 13.7. The van der Waals surface area contributed by atoms with Crippen molar-refractivity contribution in [2.75, 3.05) is 27.7 Å². The van der Waals surface area contributed by atoms with Crippen molar-refractivity contribution < 1.29 is 105 Å². The fourth-order valence-electron chi connectivity index (χ4n) is 11.2. The van der Waals surface area contributed by atoms with E-state index in [-0.39, 0.29) is 17.4 Å². The highest BCUT2D eigenvalue weighted by molar-refractivity contribution is 6.22. The standard InChI is InChI=1S/C23H27NO9.C21H39N7O12/c1-8(25)11-18(28)16(24(3)4)15-19(29)14-13(21(31)23(15,33)20(11)30)17(27)12-9(22(14,2)32)6-5-7-10(12)26;1-5-21(36,4-30)16(40-17-9(26-2)13(34)10(31)6(3-29)38-17)18(37-5)39-15-8(28-20(24)25)11(32)7(27-19(22)23)12(33)14(15)35/h5-7,13-16,19,21,26,29-33H,1-4H3;4-18,26,29,31-36H,3H2,1-2H3,(H4,22,23,27)(H4,24,25,28)/t13?,14-,15?,16+,19+,21?,22-,23-;5-,6-,7+,8-,9?,10-,11+,12-,13-,14+,15+,16-,17-,18-,21+/m10/s1. The minimum Gasteiger partial charge on any atom is -0.508 e. The van der Waals surface area contributed by atoms with Gasteiger partial charge >= 0.3 is 0 Å². The first-order valence-electron chi connectivity index (χ1n) is 22.9. The molecule has 0 radical (unpaired) electrons. The van der Waals surface area contributed by atoms with Gasteiger partial charge in [0.2, 0.25) is 0 Å². The van der Waals surface area contributed by atoms with Gasteiger partial charge in [-0.1, -0.05) is 12.1 Å². The van der Waals surface area contributed by atoms with Gasteiger partial charge in [-0.2, -0.15) is 0 Å². The SMILES string of the molecule is CC(=O)C1=C(O)[C@@]2(O)C(O)C3C(=O)c4c(O)cccc4[C@@](C)(O)[C@H]3[C@H](O)C2[C@H](N(C)C)C1=O.CNC1[C@H](O[C@H]2[C@H](O[C@H]3[C@H](O)[C@@H](O)[C@H](N=C(N)N)[C@@H](O)[C@@H]3N=C(N)N)O[C@@H](C)[C@]2(O)C=O)O[C@@H](CO)[C@H](O)[C@H]1O. The van der Waals surface area contributed by atoms with E-state index in [1.807, 2.05) is 0 Å². The number of aliphatic hydroxyl groups excluding tert-OH is 9. The number of nitrogens with two attached hydrogens (primary N) is 4. The molecule has 1 aromatic rings. The van der Waals surface area contributed by atoms with E-state index in [0.29, 0.717) is 0 Å². The summed E-state index contributed by atoms with van der Waals surface area (Å²) in [6, 6.07) is -1.39. The van der Waals surface area contributed by atoms with Gasteiger partial charge < -0.3 is 114 Å². The average Bonchev–Trinajstić information content (AvgIpc) is 3.54. The summed E-state index contributed by atoms with van der Waals surface area (Å²) in [5.74, 6) is -9.83. The molecule has 22 N–H and O–H groups in total. The van der Waals surface area contributed by atoms with Crippen LogP contribution in [0, 0.1) is 17.8 Å². The normalized spacial score (nSPS) is 44.2. The monoisotopic (exact) mass is 1040 g/mol. The van der Waals surface area contributed by atoms with Crippen molar-refractivity contribution in [3.63, 3.8) is 0 Å². The van der Waals surface area contributed by atoms with Crippen molar-refractivity contribution >= 4 is 35.6 Å². The maximum absolute atomic E-state index is 13.4. The molecule has 4 aliphatic carbocycles. The number of ether oxygens (including phenoxy) is 4. The molecule has 4 fully saturated rings. The molecule has 0 amide bonds. The number of ketones is 3. The van der Waals surface area contributed by atoms with E-state index >= 15 is 0 Å². The van der Waals surface area contributed by atoms with E-state index < -0.39 is 191 Å². The Kier molecular flexibility index (Phi) is 16.5. The Morgan fingerprint density at radius 2 is 1.44 bits per heavy atom. The Bertz CT molecular complexity index is 2370. The van der Waals surface area contributed by atoms with Crippen molar-refractivity contribution in [2.45, 2.75) is 141 Å². The van der Waals surface area contributed by atoms with Gasteiger partial charge in [0.05, 0.1) is 48.0 Å². The van der Waals surface area contributed by atoms with Crippen LogP contribution in [-0.4, -0.2) is 250 Å². The summed E-state index contributed by atoms with van der Waals surface area (Å²) in [6.45, 7) is 2.94. The predicted molar refractivity (Wildman–Crippen MR) is 245 cm³/mol. The fourth-order valence-corrected chi connectivity index (χ4v) is 11.2. The van der Waals surface area contributed by atoms with Crippen molar-refractivity contribution in [1.29, 1.82) is 0 Å². The lowest BCUT2D eigenvalue weighted by atomic mass is 9.49. The molecule has 7 rings (SSSR count). The number of likely N-dealkylation sites (N-methyl/N-ethyl adjacent to an activating group) is 2. The number of guanidine groups is 2. The zero-order valence-electron chi connectivity index (χ0n) is 40.3. The van der Waals surface area contributed by atoms with Gasteiger partial charge in [0.15, 0.2) is 59.3 Å². The minimum absolute atomic E-state index is 0.0261. The van der Waals surface area contributed by atoms with Gasteiger partial charge in [-0.15, -0.1) is 0 Å². The van der Waals surface area contributed by atoms with Crippen molar-refractivity contribution in [3.8, 4) is 5.75 Å². The molecule has 2 saturated heterocycles. The summed E-state index contributed by atoms with van der Waals surface area (Å²) < 4.78 is 22.9. The highest BCUT2D eigenvalue weighted by atomic mass is 16.8. The maximum atomic E-state index is 13.4. The Morgan fingerprint density at radius 3 is 1.97 bits per heavy atom. The number of phenols is 1. The molecule has 1 aromatic carbocycles. The molecule has 0 spiro atoms. The number of carbonyl (C=O) groups is 4. The number of fused-ring (bicyclic) bond motifs is 3. The van der Waals surface area contributed by atoms with Gasteiger partial charge in [-0.05, 0) is 53.5 Å². The number of aldehydes is 1. The molecule has 4 unspecified atom stereocenters. The molecule has 2 heterocycles. The topological polar surface area (TPSA) is 512 Å². The zero-order valence-corrected chi connectivity index (χ0v) is 40.3. The van der Waals surface area contributed by atoms with Crippen LogP contribution in [0.25, 0.3) is 0 Å². The van der Waals surface area contributed by atoms with Gasteiger partial charge in [-0.3, -0.25) is 24.1 Å². The third-order valence-electron chi connectivity index (χ3n) is 14.9. The molecule has 29 nitrogen and oxygen atoms in total. The largest absolute Gasteiger partial charge is 0.508 e. The number of aliphatic imine (C=N–C) groups is 2. The number of carbonyl (C=O) groups excluding carboxylic acids is 4. The summed E-state index contributed by atoms with van der Waals surface area (Å²) in [5, 5.41) is 144. The number of benzene rings is 1. The predicted octanol–water partition coefficient (Wildman–Crippen LogP) is -9.14. The number of nitrogens with one attached hydrogen (secondary N) is 1. The molecule has 29 heteroatoms. The van der Waals surface area contributed by atoms with Crippen LogP contribution in [0.5, 0.6) is 5.75 Å². The summed E-state index contributed by atoms with van der Waals surface area (Å²) in [6.07, 6.45) is -21.2. The summed E-state index contributed by atoms with van der Waals surface area (Å²) >= 11 is 0. The molecular weight excluding hydrogens is 977 g/mol. The zero-order chi connectivity index (χ0) is 54.9. The highest BCUT2D eigenvalue weighted by Crippen LogP contribution is 2.58. The molecule has 2 aliphatic heterocycles. The van der Waals surface area contributed by atoms with Crippen LogP contribution < -0.4 is 28.3 Å². The second kappa shape index (κ2) is 21.0. The number of rotatable bonds is 11. The Hall–Kier alpha value is -4.90. The van der Waals surface area contributed by atoms with Crippen LogP contribution in [-0.2, 0) is 38.9 Å². The lowest BCUT2D eigenvalue weighted by Gasteiger charge is -2.60. The van der Waals surface area contributed by atoms with E-state index in [9.17, 15) is 85.6 Å². The maximum Gasteiger partial charge on any atom is 0.188 e. The van der Waals surface area contributed by atoms with E-state index in [4.69, 9.17) is 41.9 Å². The molecular formula is C44H66N8O21. The van der Waals surface area contributed by atoms with Crippen LogP contribution in [0.3, 0.4) is 0 Å². The van der Waals surface area contributed by atoms with Crippen LogP contribution in [0.1, 0.15) is 36.7 Å². The van der Waals surface area contributed by atoms with Crippen LogP contribution in [0.15, 0.2) is 39.5 Å². The first kappa shape index (κ1) is 57.4. The summed E-state index contributed by atoms with van der Waals surface area (Å²) in [4.78, 5) is 59.8. The first-order valence-corrected chi connectivity index (χ1v) is 22.9. The minimum atomic E-state index is -2.75. The van der Waals surface area contributed by atoms with E-state index in [1.54, 1.807) is 0 Å². The Labute approximate surface area is 415 Å². The first-order chi connectivity index (χ1) is 33.9. The molecule has 2 saturated carbocycles. The van der Waals surface area contributed by atoms with Crippen LogP contribution in [0.2, 0.25) is 0 Å². The second-order valence-electron chi connectivity index (χ2n) is 19.5. The van der Waals surface area contributed by atoms with E-state index in [0.717, 1.165) is 6.92 Å². The third-order valence-corrected chi connectivity index (χ3v) is 14.9. The molecule has 0 aromatic heterocycles. The lowest BCUT2D eigenvalue weighted by molar-refractivity contribution is -0.314. The number of phenolic OH excluding ortho intramolecular Hbond substituents is 1. The number of hydrogen-bond donors (Lipinski definition) is 18. The van der Waals surface area contributed by atoms with Gasteiger partial charge in [0.1, 0.15) is 84.1 Å². The average molecular weight is 1040 g/mol. The number of aromatic hydroxyl groups is 1. The smallest absolute Gasteiger partial charge is 0.188 e. The third kappa shape index (κ3) is 9.38. The Balaban J connectivity index is 0.000000242. The van der Waals surface area contributed by atoms with Gasteiger partial charge in [0.25, 0.3) is 0 Å². The lowest BCUT2D eigenvalue weighted by Crippen LogP contribution is -2.75. The van der Waals surface area contributed by atoms with E-state index in [2.05, 4.69) is 15.3 Å². The molecule has 0 bridgehead atoms. The van der Waals surface area contributed by atoms with Gasteiger partial charge in [0, 0.05) is 11.8 Å². The molecule has 408 valence electrons. The number of aliphatic hydroxyl groups is 12. The number of hydrogen-bond acceptors (Lipinski definition) is 25. The van der Waals surface area contributed by atoms with Crippen molar-refractivity contribution in [3.05, 3.63) is 40.7 Å². The molecule has 6 aliphatic rings. The number of Topliss-reactive ketones (excluding diaryl/α,β-unsaturated/α-hetero) is 3. The van der Waals surface area contributed by atoms with Crippen molar-refractivity contribution in [2.24, 2.45) is 50.7 Å². The highest BCUT2D eigenvalue weighted by Gasteiger charge is 2.72. The fraction of sp³-hybridized carbons (Fsp3) is 0.682. The van der Waals surface area contributed by atoms with E-state index in [1.165, 1.54) is 58.1 Å².